The predicted molar refractivity (Wildman–Crippen MR) is 67.8 cm³/mol. The summed E-state index contributed by atoms with van der Waals surface area (Å²) in [5.41, 5.74) is 0.108. The summed E-state index contributed by atoms with van der Waals surface area (Å²) < 4.78 is 37.7. The summed E-state index contributed by atoms with van der Waals surface area (Å²) in [5, 5.41) is 9.53. The summed E-state index contributed by atoms with van der Waals surface area (Å²) in [4.78, 5) is 13.5. The van der Waals surface area contributed by atoms with Gasteiger partial charge >= 0.3 is 6.18 Å². The fourth-order valence-corrected chi connectivity index (χ4v) is 2.46. The number of carbonyl (C=O) groups is 1. The molecular weight excluding hydrogens is 295 g/mol. The van der Waals surface area contributed by atoms with Gasteiger partial charge in [-0.2, -0.15) is 13.2 Å². The van der Waals surface area contributed by atoms with Gasteiger partial charge in [-0.1, -0.05) is 11.6 Å². The van der Waals surface area contributed by atoms with Crippen LogP contribution in [0, 0.1) is 5.92 Å². The molecule has 0 bridgehead atoms. The molecule has 0 spiro atoms. The normalized spacial score (nSPS) is 17.3. The molecule has 1 aliphatic heterocycles. The lowest BCUT2D eigenvalue weighted by atomic mass is 9.96. The molecule has 20 heavy (non-hydrogen) atoms. The largest absolute Gasteiger partial charge is 0.508 e. The predicted octanol–water partition coefficient (Wildman–Crippen LogP) is 3.46. The van der Waals surface area contributed by atoms with Crippen LogP contribution in [0.2, 0.25) is 5.02 Å². The average Bonchev–Trinajstić information content (AvgIpc) is 2.40. The minimum Gasteiger partial charge on any atom is -0.508 e. The molecule has 1 N–H and O–H groups in total. The zero-order valence-electron chi connectivity index (χ0n) is 10.5. The summed E-state index contributed by atoms with van der Waals surface area (Å²) in [6.07, 6.45) is -4.42. The third-order valence-corrected chi connectivity index (χ3v) is 3.76. The topological polar surface area (TPSA) is 40.5 Å². The number of carbonyl (C=O) groups excluding carboxylic acids is 1. The maximum absolute atomic E-state index is 12.6. The Labute approximate surface area is 118 Å². The number of hydrogen-bond donors (Lipinski definition) is 1. The highest BCUT2D eigenvalue weighted by atomic mass is 35.5. The van der Waals surface area contributed by atoms with E-state index in [2.05, 4.69) is 0 Å². The van der Waals surface area contributed by atoms with Gasteiger partial charge in [0.15, 0.2) is 0 Å². The molecule has 0 aromatic heterocycles. The van der Waals surface area contributed by atoms with Crippen molar-refractivity contribution in [1.82, 2.24) is 4.90 Å². The number of piperidine rings is 1. The summed E-state index contributed by atoms with van der Waals surface area (Å²) in [7, 11) is 0. The smallest absolute Gasteiger partial charge is 0.391 e. The third kappa shape index (κ3) is 3.17. The van der Waals surface area contributed by atoms with Crippen molar-refractivity contribution in [1.29, 1.82) is 0 Å². The lowest BCUT2D eigenvalue weighted by molar-refractivity contribution is -0.183. The maximum Gasteiger partial charge on any atom is 0.391 e. The molecule has 1 heterocycles. The molecular formula is C13H13ClF3NO2. The fraction of sp³-hybridized carbons (Fsp3) is 0.462. The Hall–Kier alpha value is -1.43. The van der Waals surface area contributed by atoms with Crippen LogP contribution < -0.4 is 0 Å². The van der Waals surface area contributed by atoms with Crippen LogP contribution in [-0.2, 0) is 0 Å². The zero-order chi connectivity index (χ0) is 14.9. The molecule has 0 unspecified atom stereocenters. The minimum absolute atomic E-state index is 0.0367. The van der Waals surface area contributed by atoms with Gasteiger partial charge in [-0.05, 0) is 31.0 Å². The van der Waals surface area contributed by atoms with Gasteiger partial charge in [0.2, 0.25) is 0 Å². The molecule has 2 rings (SSSR count). The monoisotopic (exact) mass is 307 g/mol. The van der Waals surface area contributed by atoms with Crippen LogP contribution in [0.25, 0.3) is 0 Å². The molecule has 1 aliphatic rings. The van der Waals surface area contributed by atoms with Crippen LogP contribution >= 0.6 is 11.6 Å². The van der Waals surface area contributed by atoms with E-state index >= 15 is 0 Å². The first kappa shape index (κ1) is 15.0. The van der Waals surface area contributed by atoms with Gasteiger partial charge < -0.3 is 10.0 Å². The number of nitrogens with zero attached hydrogens (tertiary/aromatic N) is 1. The van der Waals surface area contributed by atoms with Crippen LogP contribution in [0.3, 0.4) is 0 Å². The van der Waals surface area contributed by atoms with Gasteiger partial charge in [0.1, 0.15) is 5.75 Å². The standard InChI is InChI=1S/C13H13ClF3NO2/c14-11-2-1-9(19)7-10(11)12(20)18-5-3-8(4-6-18)13(15,16)17/h1-2,7-8,19H,3-6H2. The summed E-state index contributed by atoms with van der Waals surface area (Å²) in [6, 6.07) is 3.95. The number of amides is 1. The molecule has 0 radical (unpaired) electrons. The highest BCUT2D eigenvalue weighted by molar-refractivity contribution is 6.33. The molecule has 1 aromatic carbocycles. The SMILES string of the molecule is O=C(c1cc(O)ccc1Cl)N1CCC(C(F)(F)F)CC1. The molecule has 3 nitrogen and oxygen atoms in total. The maximum atomic E-state index is 12.6. The number of hydrogen-bond acceptors (Lipinski definition) is 2. The van der Waals surface area contributed by atoms with Gasteiger partial charge in [-0.15, -0.1) is 0 Å². The van der Waals surface area contributed by atoms with Gasteiger partial charge in [0.05, 0.1) is 16.5 Å². The number of alkyl halides is 3. The van der Waals surface area contributed by atoms with Gasteiger partial charge in [0.25, 0.3) is 5.91 Å². The number of likely N-dealkylation sites (tertiary alicyclic amines) is 1. The molecule has 0 atom stereocenters. The van der Waals surface area contributed by atoms with Crippen molar-refractivity contribution in [3.63, 3.8) is 0 Å². The van der Waals surface area contributed by atoms with Crippen molar-refractivity contribution in [2.75, 3.05) is 13.1 Å². The first-order valence-corrected chi connectivity index (χ1v) is 6.51. The Morgan fingerprint density at radius 1 is 1.30 bits per heavy atom. The van der Waals surface area contributed by atoms with Crippen molar-refractivity contribution >= 4 is 17.5 Å². The second kappa shape index (κ2) is 5.52. The van der Waals surface area contributed by atoms with E-state index in [0.717, 1.165) is 0 Å². The number of aromatic hydroxyl groups is 1. The number of phenols is 1. The lowest BCUT2D eigenvalue weighted by Crippen LogP contribution is -2.42. The number of halogens is 4. The summed E-state index contributed by atoms with van der Waals surface area (Å²) in [5.74, 6) is -1.92. The summed E-state index contributed by atoms with van der Waals surface area (Å²) in [6.45, 7) is 0.0734. The van der Waals surface area contributed by atoms with E-state index in [1.165, 1.54) is 23.1 Å². The molecule has 0 aliphatic carbocycles. The molecule has 110 valence electrons. The van der Waals surface area contributed by atoms with Crippen LogP contribution in [0.5, 0.6) is 5.75 Å². The Bertz CT molecular complexity index is 511. The van der Waals surface area contributed by atoms with Crippen molar-refractivity contribution in [2.45, 2.75) is 19.0 Å². The van der Waals surface area contributed by atoms with Gasteiger partial charge in [-0.25, -0.2) is 0 Å². The minimum atomic E-state index is -4.21. The van der Waals surface area contributed by atoms with E-state index in [1.807, 2.05) is 0 Å². The van der Waals surface area contributed by atoms with E-state index in [1.54, 1.807) is 0 Å². The van der Waals surface area contributed by atoms with Crippen LogP contribution in [0.1, 0.15) is 23.2 Å². The highest BCUT2D eigenvalue weighted by Gasteiger charge is 2.41. The Morgan fingerprint density at radius 3 is 2.45 bits per heavy atom. The summed E-state index contributed by atoms with van der Waals surface area (Å²) >= 11 is 5.87. The Morgan fingerprint density at radius 2 is 1.90 bits per heavy atom. The Balaban J connectivity index is 2.07. The second-order valence-corrected chi connectivity index (χ2v) is 5.18. The van der Waals surface area contributed by atoms with Crippen molar-refractivity contribution in [2.24, 2.45) is 5.92 Å². The van der Waals surface area contributed by atoms with Crippen LogP contribution in [-0.4, -0.2) is 35.2 Å². The van der Waals surface area contributed by atoms with E-state index in [-0.39, 0.29) is 42.3 Å². The Kier molecular flexibility index (Phi) is 4.13. The van der Waals surface area contributed by atoms with Crippen molar-refractivity contribution in [3.8, 4) is 5.75 Å². The van der Waals surface area contributed by atoms with Crippen molar-refractivity contribution in [3.05, 3.63) is 28.8 Å². The second-order valence-electron chi connectivity index (χ2n) is 4.77. The lowest BCUT2D eigenvalue weighted by Gasteiger charge is -2.33. The third-order valence-electron chi connectivity index (χ3n) is 3.43. The average molecular weight is 308 g/mol. The van der Waals surface area contributed by atoms with Crippen LogP contribution in [0.4, 0.5) is 13.2 Å². The number of rotatable bonds is 1. The van der Waals surface area contributed by atoms with Gasteiger partial charge in [0, 0.05) is 13.1 Å². The number of phenolic OH excluding ortho intramolecular Hbond substituents is 1. The van der Waals surface area contributed by atoms with E-state index in [0.29, 0.717) is 0 Å². The molecule has 1 amide bonds. The fourth-order valence-electron chi connectivity index (χ4n) is 2.26. The molecule has 0 saturated carbocycles. The van der Waals surface area contributed by atoms with E-state index in [4.69, 9.17) is 11.6 Å². The molecule has 1 fully saturated rings. The zero-order valence-corrected chi connectivity index (χ0v) is 11.2. The number of benzene rings is 1. The van der Waals surface area contributed by atoms with E-state index in [9.17, 15) is 23.1 Å². The quantitative estimate of drug-likeness (QED) is 0.863. The molecule has 7 heteroatoms. The van der Waals surface area contributed by atoms with E-state index < -0.39 is 18.0 Å². The molecule has 1 saturated heterocycles. The first-order chi connectivity index (χ1) is 9.29. The first-order valence-electron chi connectivity index (χ1n) is 6.13. The highest BCUT2D eigenvalue weighted by Crippen LogP contribution is 2.34. The molecule has 1 aromatic rings. The van der Waals surface area contributed by atoms with Gasteiger partial charge in [-0.3, -0.25) is 4.79 Å². The van der Waals surface area contributed by atoms with Crippen molar-refractivity contribution < 1.29 is 23.1 Å². The van der Waals surface area contributed by atoms with Crippen LogP contribution in [0.15, 0.2) is 18.2 Å².